The normalized spacial score (nSPS) is 36.8. The zero-order valence-corrected chi connectivity index (χ0v) is 13.0. The Morgan fingerprint density at radius 2 is 2.05 bits per heavy atom. The summed E-state index contributed by atoms with van der Waals surface area (Å²) in [7, 11) is 0. The Kier molecular flexibility index (Phi) is 5.52. The van der Waals surface area contributed by atoms with Crippen molar-refractivity contribution in [1.82, 2.24) is 5.32 Å². The van der Waals surface area contributed by atoms with Gasteiger partial charge in [-0.05, 0) is 67.6 Å². The molecule has 20 heavy (non-hydrogen) atoms. The van der Waals surface area contributed by atoms with E-state index in [4.69, 9.17) is 6.42 Å². The molecule has 2 aliphatic carbocycles. The maximum atomic E-state index is 11.0. The molecule has 112 valence electrons. The van der Waals surface area contributed by atoms with Crippen LogP contribution in [0.3, 0.4) is 0 Å². The third kappa shape index (κ3) is 3.78. The van der Waals surface area contributed by atoms with Crippen LogP contribution < -0.4 is 5.32 Å². The molecule has 1 amide bonds. The molecule has 0 aromatic rings. The molecule has 5 unspecified atom stereocenters. The van der Waals surface area contributed by atoms with Crippen LogP contribution in [-0.2, 0) is 4.79 Å². The molecular formula is C18H29NO. The van der Waals surface area contributed by atoms with E-state index in [0.717, 1.165) is 42.6 Å². The van der Waals surface area contributed by atoms with Crippen LogP contribution in [0.15, 0.2) is 0 Å². The van der Waals surface area contributed by atoms with Gasteiger partial charge in [0, 0.05) is 6.54 Å². The molecule has 0 aromatic carbocycles. The van der Waals surface area contributed by atoms with Gasteiger partial charge in [-0.3, -0.25) is 4.79 Å². The van der Waals surface area contributed by atoms with E-state index in [1.807, 2.05) is 0 Å². The topological polar surface area (TPSA) is 29.1 Å². The first-order valence-corrected chi connectivity index (χ1v) is 8.36. The second-order valence-electron chi connectivity index (χ2n) is 7.10. The van der Waals surface area contributed by atoms with Crippen molar-refractivity contribution < 1.29 is 4.79 Å². The van der Waals surface area contributed by atoms with Gasteiger partial charge in [0.1, 0.15) is 0 Å². The molecule has 0 aromatic heterocycles. The smallest absolute Gasteiger partial charge is 0.295 e. The van der Waals surface area contributed by atoms with Gasteiger partial charge in [0.2, 0.25) is 0 Å². The van der Waals surface area contributed by atoms with Crippen LogP contribution in [0.5, 0.6) is 0 Å². The second kappa shape index (κ2) is 7.16. The molecule has 2 rings (SSSR count). The molecule has 0 spiro atoms. The quantitative estimate of drug-likeness (QED) is 0.616. The lowest BCUT2D eigenvalue weighted by molar-refractivity contribution is -0.115. The molecule has 0 radical (unpaired) electrons. The van der Waals surface area contributed by atoms with E-state index in [0.29, 0.717) is 0 Å². The minimum Gasteiger partial charge on any atom is -0.345 e. The molecular weight excluding hydrogens is 246 g/mol. The Morgan fingerprint density at radius 1 is 1.25 bits per heavy atom. The fourth-order valence-electron chi connectivity index (χ4n) is 4.62. The summed E-state index contributed by atoms with van der Waals surface area (Å²) < 4.78 is 0. The summed E-state index contributed by atoms with van der Waals surface area (Å²) in [6.07, 6.45) is 14.5. The van der Waals surface area contributed by atoms with Crippen molar-refractivity contribution in [3.63, 3.8) is 0 Å². The highest BCUT2D eigenvalue weighted by molar-refractivity contribution is 5.92. The van der Waals surface area contributed by atoms with Gasteiger partial charge in [-0.15, -0.1) is 6.42 Å². The highest BCUT2D eigenvalue weighted by Gasteiger charge is 2.39. The number of carbonyl (C=O) groups excluding carboxylic acids is 1. The molecule has 2 fully saturated rings. The van der Waals surface area contributed by atoms with E-state index in [1.165, 1.54) is 38.5 Å². The molecule has 1 N–H and O–H groups in total. The Bertz CT molecular complexity index is 370. The summed E-state index contributed by atoms with van der Waals surface area (Å²) in [5.41, 5.74) is 0. The Hall–Kier alpha value is -0.970. The number of hydrogen-bond acceptors (Lipinski definition) is 1. The minimum absolute atomic E-state index is 0.272. The lowest BCUT2D eigenvalue weighted by Gasteiger charge is -2.46. The van der Waals surface area contributed by atoms with Gasteiger partial charge in [0.15, 0.2) is 0 Å². The van der Waals surface area contributed by atoms with Crippen LogP contribution in [0, 0.1) is 41.9 Å². The summed E-state index contributed by atoms with van der Waals surface area (Å²) in [4.78, 5) is 11.0. The van der Waals surface area contributed by atoms with E-state index in [2.05, 4.69) is 25.1 Å². The molecule has 0 heterocycles. The van der Waals surface area contributed by atoms with Crippen LogP contribution in [-0.4, -0.2) is 12.5 Å². The van der Waals surface area contributed by atoms with Gasteiger partial charge >= 0.3 is 0 Å². The molecule has 2 heteroatoms. The van der Waals surface area contributed by atoms with E-state index in [1.54, 1.807) is 0 Å². The summed E-state index contributed by atoms with van der Waals surface area (Å²) >= 11 is 0. The molecule has 0 saturated heterocycles. The van der Waals surface area contributed by atoms with Crippen molar-refractivity contribution in [3.8, 4) is 12.3 Å². The number of fused-ring (bicyclic) bond motifs is 1. The average Bonchev–Trinajstić information content (AvgIpc) is 2.45. The van der Waals surface area contributed by atoms with Crippen LogP contribution in [0.2, 0.25) is 0 Å². The minimum atomic E-state index is -0.272. The van der Waals surface area contributed by atoms with Gasteiger partial charge in [0.25, 0.3) is 5.91 Å². The highest BCUT2D eigenvalue weighted by Crippen LogP contribution is 2.49. The van der Waals surface area contributed by atoms with E-state index < -0.39 is 0 Å². The molecule has 0 bridgehead atoms. The van der Waals surface area contributed by atoms with Crippen LogP contribution >= 0.6 is 0 Å². The third-order valence-electron chi connectivity index (χ3n) is 5.71. The van der Waals surface area contributed by atoms with Crippen molar-refractivity contribution in [2.45, 2.75) is 58.8 Å². The number of amides is 1. The number of carbonyl (C=O) groups is 1. The van der Waals surface area contributed by atoms with E-state index in [9.17, 15) is 4.79 Å². The second-order valence-corrected chi connectivity index (χ2v) is 7.10. The predicted octanol–water partition coefficient (Wildman–Crippen LogP) is 3.61. The predicted molar refractivity (Wildman–Crippen MR) is 83.0 cm³/mol. The summed E-state index contributed by atoms with van der Waals surface area (Å²) in [5, 5.41) is 2.79. The molecule has 2 nitrogen and oxygen atoms in total. The summed E-state index contributed by atoms with van der Waals surface area (Å²) in [6.45, 7) is 5.58. The monoisotopic (exact) mass is 275 g/mol. The van der Waals surface area contributed by atoms with Crippen LogP contribution in [0.4, 0.5) is 0 Å². The number of rotatable bonds is 4. The number of terminal acetylenes is 1. The molecule has 2 aliphatic rings. The first-order chi connectivity index (χ1) is 9.61. The van der Waals surface area contributed by atoms with Crippen molar-refractivity contribution >= 4 is 5.91 Å². The Labute approximate surface area is 124 Å². The van der Waals surface area contributed by atoms with Crippen molar-refractivity contribution in [2.24, 2.45) is 29.6 Å². The fourth-order valence-corrected chi connectivity index (χ4v) is 4.62. The molecule has 5 atom stereocenters. The van der Waals surface area contributed by atoms with Crippen molar-refractivity contribution in [3.05, 3.63) is 0 Å². The highest BCUT2D eigenvalue weighted by atomic mass is 16.1. The maximum Gasteiger partial charge on any atom is 0.295 e. The van der Waals surface area contributed by atoms with Crippen LogP contribution in [0.1, 0.15) is 58.8 Å². The van der Waals surface area contributed by atoms with Gasteiger partial charge in [0.05, 0.1) is 0 Å². The maximum absolute atomic E-state index is 11.0. The summed E-state index contributed by atoms with van der Waals surface area (Å²) in [6, 6.07) is 0. The summed E-state index contributed by atoms with van der Waals surface area (Å²) in [5.74, 6) is 6.41. The van der Waals surface area contributed by atoms with E-state index >= 15 is 0 Å². The first-order valence-electron chi connectivity index (χ1n) is 8.36. The third-order valence-corrected chi connectivity index (χ3v) is 5.71. The largest absolute Gasteiger partial charge is 0.345 e. The molecule has 2 saturated carbocycles. The van der Waals surface area contributed by atoms with Crippen molar-refractivity contribution in [1.29, 1.82) is 0 Å². The standard InChI is InChI=1S/C18H29NO/c1-4-18(20)19-11-5-6-16-14(3)8-9-15-12-13(2)7-10-17(15)16/h1,13-17H,5-12H2,2-3H3,(H,19,20). The lowest BCUT2D eigenvalue weighted by atomic mass is 9.59. The van der Waals surface area contributed by atoms with Crippen LogP contribution in [0.25, 0.3) is 0 Å². The molecule has 0 aliphatic heterocycles. The SMILES string of the molecule is C#CC(=O)NCCCC1C(C)CCC2CC(C)CCC21. The van der Waals surface area contributed by atoms with Crippen molar-refractivity contribution in [2.75, 3.05) is 6.54 Å². The number of hydrogen-bond donors (Lipinski definition) is 1. The first kappa shape index (κ1) is 15.4. The van der Waals surface area contributed by atoms with Gasteiger partial charge in [-0.25, -0.2) is 0 Å². The average molecular weight is 275 g/mol. The van der Waals surface area contributed by atoms with Gasteiger partial charge < -0.3 is 5.32 Å². The van der Waals surface area contributed by atoms with Gasteiger partial charge in [-0.1, -0.05) is 26.7 Å². The zero-order chi connectivity index (χ0) is 14.5. The van der Waals surface area contributed by atoms with Gasteiger partial charge in [-0.2, -0.15) is 0 Å². The fraction of sp³-hybridized carbons (Fsp3) is 0.833. The Balaban J connectivity index is 1.82. The Morgan fingerprint density at radius 3 is 2.80 bits per heavy atom. The lowest BCUT2D eigenvalue weighted by Crippen LogP contribution is -2.37. The zero-order valence-electron chi connectivity index (χ0n) is 13.0. The van der Waals surface area contributed by atoms with E-state index in [-0.39, 0.29) is 5.91 Å². The number of nitrogens with one attached hydrogen (secondary N) is 1.